The molecule has 1 aromatic rings. The van der Waals surface area contributed by atoms with E-state index in [0.29, 0.717) is 6.54 Å². The van der Waals surface area contributed by atoms with Crippen LogP contribution in [0.15, 0.2) is 18.2 Å². The zero-order valence-electron chi connectivity index (χ0n) is 10.6. The van der Waals surface area contributed by atoms with Gasteiger partial charge in [0, 0.05) is 12.6 Å². The van der Waals surface area contributed by atoms with Crippen LogP contribution in [0.3, 0.4) is 0 Å². The second-order valence-corrected chi connectivity index (χ2v) is 5.08. The average molecular weight is 255 g/mol. The number of nitrogens with zero attached hydrogens (tertiary/aromatic N) is 1. The fraction of sp³-hybridized carbons (Fsp3) is 0.571. The van der Waals surface area contributed by atoms with Gasteiger partial charge in [-0.25, -0.2) is 8.78 Å². The van der Waals surface area contributed by atoms with Crippen molar-refractivity contribution >= 4 is 0 Å². The fourth-order valence-electron chi connectivity index (χ4n) is 2.65. The van der Waals surface area contributed by atoms with E-state index in [-0.39, 0.29) is 12.1 Å². The van der Waals surface area contributed by atoms with Crippen molar-refractivity contribution in [3.63, 3.8) is 0 Å². The molecule has 2 rings (SSSR count). The van der Waals surface area contributed by atoms with E-state index >= 15 is 0 Å². The van der Waals surface area contributed by atoms with E-state index in [1.807, 2.05) is 11.9 Å². The van der Waals surface area contributed by atoms with Crippen LogP contribution in [0.5, 0.6) is 0 Å². The minimum Gasteiger partial charge on any atom is -0.391 e. The number of aliphatic hydroxyl groups excluding tert-OH is 1. The molecule has 2 unspecified atom stereocenters. The summed E-state index contributed by atoms with van der Waals surface area (Å²) in [5, 5.41) is 9.94. The number of aliphatic hydroxyl groups is 1. The van der Waals surface area contributed by atoms with Gasteiger partial charge in [-0.2, -0.15) is 0 Å². The summed E-state index contributed by atoms with van der Waals surface area (Å²) in [4.78, 5) is 2.02. The van der Waals surface area contributed by atoms with E-state index in [1.165, 1.54) is 6.07 Å². The van der Waals surface area contributed by atoms with Gasteiger partial charge in [0.15, 0.2) is 11.6 Å². The molecule has 1 fully saturated rings. The molecule has 2 nitrogen and oxygen atoms in total. The van der Waals surface area contributed by atoms with E-state index < -0.39 is 11.6 Å². The second-order valence-electron chi connectivity index (χ2n) is 5.08. The summed E-state index contributed by atoms with van der Waals surface area (Å²) in [5.74, 6) is -1.64. The lowest BCUT2D eigenvalue weighted by molar-refractivity contribution is 0.0288. The molecule has 0 aliphatic heterocycles. The van der Waals surface area contributed by atoms with Crippen molar-refractivity contribution in [1.29, 1.82) is 0 Å². The highest BCUT2D eigenvalue weighted by Gasteiger charge is 2.26. The summed E-state index contributed by atoms with van der Waals surface area (Å²) in [5.41, 5.74) is 0.731. The smallest absolute Gasteiger partial charge is 0.159 e. The fourth-order valence-corrected chi connectivity index (χ4v) is 2.65. The molecule has 0 radical (unpaired) electrons. The van der Waals surface area contributed by atoms with Crippen LogP contribution >= 0.6 is 0 Å². The summed E-state index contributed by atoms with van der Waals surface area (Å²) in [6, 6.07) is 4.08. The normalized spacial score (nSPS) is 24.5. The van der Waals surface area contributed by atoms with E-state index in [9.17, 15) is 13.9 Å². The van der Waals surface area contributed by atoms with Gasteiger partial charge < -0.3 is 5.11 Å². The minimum absolute atomic E-state index is 0.117. The van der Waals surface area contributed by atoms with Crippen molar-refractivity contribution in [2.45, 2.75) is 44.4 Å². The molecule has 0 spiro atoms. The molecule has 1 aromatic carbocycles. The Balaban J connectivity index is 2.01. The molecular formula is C14H19F2NO. The quantitative estimate of drug-likeness (QED) is 0.897. The first kappa shape index (κ1) is 13.4. The van der Waals surface area contributed by atoms with Crippen LogP contribution in [0.2, 0.25) is 0 Å². The molecule has 2 atom stereocenters. The average Bonchev–Trinajstić information content (AvgIpc) is 2.34. The Morgan fingerprint density at radius 3 is 2.61 bits per heavy atom. The van der Waals surface area contributed by atoms with Crippen molar-refractivity contribution in [2.75, 3.05) is 7.05 Å². The van der Waals surface area contributed by atoms with Gasteiger partial charge in [-0.1, -0.05) is 18.9 Å². The van der Waals surface area contributed by atoms with Crippen LogP contribution in [0.25, 0.3) is 0 Å². The van der Waals surface area contributed by atoms with Crippen LogP contribution in [-0.2, 0) is 6.54 Å². The van der Waals surface area contributed by atoms with Crippen LogP contribution in [-0.4, -0.2) is 29.2 Å². The molecule has 0 aromatic heterocycles. The number of hydrogen-bond acceptors (Lipinski definition) is 2. The Bertz CT molecular complexity index is 411. The van der Waals surface area contributed by atoms with Gasteiger partial charge in [0.25, 0.3) is 0 Å². The molecule has 0 amide bonds. The number of likely N-dealkylation sites (N-methyl/N-ethyl adjacent to an activating group) is 1. The van der Waals surface area contributed by atoms with E-state index in [1.54, 1.807) is 6.07 Å². The molecule has 1 aliphatic rings. The SMILES string of the molecule is CN(Cc1ccc(F)c(F)c1)C1CCCCC1O. The lowest BCUT2D eigenvalue weighted by Crippen LogP contribution is -2.42. The van der Waals surface area contributed by atoms with E-state index in [4.69, 9.17) is 0 Å². The third-order valence-electron chi connectivity index (χ3n) is 3.68. The highest BCUT2D eigenvalue weighted by molar-refractivity contribution is 5.17. The van der Waals surface area contributed by atoms with Crippen molar-refractivity contribution in [3.8, 4) is 0 Å². The zero-order chi connectivity index (χ0) is 13.1. The van der Waals surface area contributed by atoms with Gasteiger partial charge in [0.05, 0.1) is 6.10 Å². The maximum atomic E-state index is 13.1. The number of hydrogen-bond donors (Lipinski definition) is 1. The van der Waals surface area contributed by atoms with Crippen LogP contribution in [0.4, 0.5) is 8.78 Å². The first-order chi connectivity index (χ1) is 8.58. The number of benzene rings is 1. The van der Waals surface area contributed by atoms with Crippen LogP contribution in [0, 0.1) is 11.6 Å². The Labute approximate surface area is 106 Å². The first-order valence-electron chi connectivity index (χ1n) is 6.40. The largest absolute Gasteiger partial charge is 0.391 e. The minimum atomic E-state index is -0.820. The van der Waals surface area contributed by atoms with Crippen molar-refractivity contribution < 1.29 is 13.9 Å². The van der Waals surface area contributed by atoms with E-state index in [2.05, 4.69) is 0 Å². The Hall–Kier alpha value is -1.00. The Kier molecular flexibility index (Phi) is 4.30. The summed E-state index contributed by atoms with van der Waals surface area (Å²) in [6.45, 7) is 0.527. The highest BCUT2D eigenvalue weighted by Crippen LogP contribution is 2.23. The molecule has 0 saturated heterocycles. The molecule has 100 valence electrons. The summed E-state index contributed by atoms with van der Waals surface area (Å²) < 4.78 is 25.9. The maximum absolute atomic E-state index is 13.1. The van der Waals surface area contributed by atoms with Crippen molar-refractivity contribution in [3.05, 3.63) is 35.4 Å². The third-order valence-corrected chi connectivity index (χ3v) is 3.68. The third kappa shape index (κ3) is 3.06. The summed E-state index contributed by atoms with van der Waals surface area (Å²) >= 11 is 0. The predicted molar refractivity (Wildman–Crippen MR) is 66.1 cm³/mol. The molecule has 0 heterocycles. The Morgan fingerprint density at radius 2 is 1.94 bits per heavy atom. The highest BCUT2D eigenvalue weighted by atomic mass is 19.2. The lowest BCUT2D eigenvalue weighted by Gasteiger charge is -2.35. The molecule has 4 heteroatoms. The zero-order valence-corrected chi connectivity index (χ0v) is 10.6. The molecule has 18 heavy (non-hydrogen) atoms. The maximum Gasteiger partial charge on any atom is 0.159 e. The van der Waals surface area contributed by atoms with Gasteiger partial charge in [-0.05, 0) is 37.6 Å². The second kappa shape index (κ2) is 5.76. The van der Waals surface area contributed by atoms with Gasteiger partial charge in [-0.15, -0.1) is 0 Å². The van der Waals surface area contributed by atoms with Gasteiger partial charge in [0.1, 0.15) is 0 Å². The molecule has 1 aliphatic carbocycles. The summed E-state index contributed by atoms with van der Waals surface area (Å²) in [7, 11) is 1.92. The van der Waals surface area contributed by atoms with Gasteiger partial charge in [-0.3, -0.25) is 4.90 Å². The predicted octanol–water partition coefficient (Wildman–Crippen LogP) is 2.70. The first-order valence-corrected chi connectivity index (χ1v) is 6.40. The van der Waals surface area contributed by atoms with Crippen molar-refractivity contribution in [1.82, 2.24) is 4.90 Å². The monoisotopic (exact) mass is 255 g/mol. The van der Waals surface area contributed by atoms with Crippen LogP contribution in [0.1, 0.15) is 31.2 Å². The molecule has 1 saturated carbocycles. The van der Waals surface area contributed by atoms with Crippen LogP contribution < -0.4 is 0 Å². The van der Waals surface area contributed by atoms with Gasteiger partial charge in [0.2, 0.25) is 0 Å². The molecule has 0 bridgehead atoms. The number of halogens is 2. The van der Waals surface area contributed by atoms with Crippen molar-refractivity contribution in [2.24, 2.45) is 0 Å². The van der Waals surface area contributed by atoms with E-state index in [0.717, 1.165) is 37.3 Å². The Morgan fingerprint density at radius 1 is 1.22 bits per heavy atom. The molecular weight excluding hydrogens is 236 g/mol. The topological polar surface area (TPSA) is 23.5 Å². The molecule has 1 N–H and O–H groups in total. The lowest BCUT2D eigenvalue weighted by atomic mass is 9.91. The van der Waals surface area contributed by atoms with Gasteiger partial charge >= 0.3 is 0 Å². The summed E-state index contributed by atoms with van der Waals surface area (Å²) in [6.07, 6.45) is 3.66. The standard InChI is InChI=1S/C14H19F2NO/c1-17(13-4-2-3-5-14(13)18)9-10-6-7-11(15)12(16)8-10/h6-8,13-14,18H,2-5,9H2,1H3. The number of rotatable bonds is 3.